The summed E-state index contributed by atoms with van der Waals surface area (Å²) in [7, 11) is -3.28. The second kappa shape index (κ2) is 6.22. The van der Waals surface area contributed by atoms with Gasteiger partial charge in [-0.3, -0.25) is 0 Å². The van der Waals surface area contributed by atoms with Crippen LogP contribution in [-0.2, 0) is 22.9 Å². The third kappa shape index (κ3) is 3.79. The number of hydrogen-bond acceptors (Lipinski definition) is 5. The normalized spacial score (nSPS) is 11.8. The van der Waals surface area contributed by atoms with E-state index in [0.29, 0.717) is 23.7 Å². The molecule has 1 aromatic heterocycles. The maximum absolute atomic E-state index is 11.7. The lowest BCUT2D eigenvalue weighted by Crippen LogP contribution is -2.15. The van der Waals surface area contributed by atoms with Crippen LogP contribution in [-0.4, -0.2) is 19.7 Å². The van der Waals surface area contributed by atoms with E-state index < -0.39 is 9.84 Å². The number of thiazole rings is 1. The van der Waals surface area contributed by atoms with Crippen molar-refractivity contribution in [3.05, 3.63) is 44.9 Å². The van der Waals surface area contributed by atoms with Crippen LogP contribution in [0, 0.1) is 6.92 Å². The summed E-state index contributed by atoms with van der Waals surface area (Å²) < 4.78 is 23.5. The smallest absolute Gasteiger partial charge is 0.175 e. The largest absolute Gasteiger partial charge is 0.308 e. The highest BCUT2D eigenvalue weighted by molar-refractivity contribution is 7.90. The van der Waals surface area contributed by atoms with Gasteiger partial charge in [-0.25, -0.2) is 13.4 Å². The van der Waals surface area contributed by atoms with Crippen molar-refractivity contribution in [1.29, 1.82) is 0 Å². The maximum atomic E-state index is 11.7. The Morgan fingerprint density at radius 2 is 2.10 bits per heavy atom. The molecule has 7 heteroatoms. The molecule has 1 aromatic carbocycles. The van der Waals surface area contributed by atoms with E-state index in [1.165, 1.54) is 6.26 Å². The van der Waals surface area contributed by atoms with Crippen molar-refractivity contribution in [2.75, 3.05) is 6.26 Å². The van der Waals surface area contributed by atoms with Gasteiger partial charge in [0, 0.05) is 41.0 Å². The lowest BCUT2D eigenvalue weighted by Gasteiger charge is -2.10. The van der Waals surface area contributed by atoms with E-state index in [-0.39, 0.29) is 4.90 Å². The van der Waals surface area contributed by atoms with Gasteiger partial charge in [0.1, 0.15) is 0 Å². The molecule has 108 valence electrons. The standard InChI is InChI=1S/C13H15ClN2O2S2/c1-9-16-7-10(19-9)6-15-8-11-12(14)4-3-5-13(11)20(2,17)18/h3-5,7,15H,6,8H2,1-2H3. The number of halogens is 1. The minimum atomic E-state index is -3.28. The number of nitrogens with one attached hydrogen (secondary N) is 1. The van der Waals surface area contributed by atoms with Crippen LogP contribution in [0.2, 0.25) is 5.02 Å². The fourth-order valence-corrected chi connectivity index (χ4v) is 3.87. The van der Waals surface area contributed by atoms with Gasteiger partial charge in [-0.2, -0.15) is 0 Å². The van der Waals surface area contributed by atoms with Gasteiger partial charge in [0.05, 0.1) is 9.90 Å². The van der Waals surface area contributed by atoms with Crippen LogP contribution in [0.1, 0.15) is 15.4 Å². The van der Waals surface area contributed by atoms with Crippen molar-refractivity contribution in [2.45, 2.75) is 24.9 Å². The van der Waals surface area contributed by atoms with Gasteiger partial charge in [0.15, 0.2) is 9.84 Å². The van der Waals surface area contributed by atoms with Crippen molar-refractivity contribution in [3.8, 4) is 0 Å². The van der Waals surface area contributed by atoms with Crippen LogP contribution >= 0.6 is 22.9 Å². The number of benzene rings is 1. The maximum Gasteiger partial charge on any atom is 0.175 e. The summed E-state index contributed by atoms with van der Waals surface area (Å²) in [4.78, 5) is 5.56. The van der Waals surface area contributed by atoms with Crippen molar-refractivity contribution in [3.63, 3.8) is 0 Å². The molecule has 0 saturated carbocycles. The summed E-state index contributed by atoms with van der Waals surface area (Å²) in [5.41, 5.74) is 0.609. The summed E-state index contributed by atoms with van der Waals surface area (Å²) in [6.07, 6.45) is 3.01. The number of aromatic nitrogens is 1. The molecule has 1 N–H and O–H groups in total. The van der Waals surface area contributed by atoms with Gasteiger partial charge in [-0.1, -0.05) is 17.7 Å². The fourth-order valence-electron chi connectivity index (χ4n) is 1.86. The molecule has 2 rings (SSSR count). The molecule has 0 aliphatic rings. The Kier molecular flexibility index (Phi) is 4.80. The van der Waals surface area contributed by atoms with Gasteiger partial charge in [0.25, 0.3) is 0 Å². The summed E-state index contributed by atoms with van der Waals surface area (Å²) in [5.74, 6) is 0. The average Bonchev–Trinajstić information content (AvgIpc) is 2.76. The average molecular weight is 331 g/mol. The van der Waals surface area contributed by atoms with Gasteiger partial charge in [-0.05, 0) is 19.1 Å². The van der Waals surface area contributed by atoms with Gasteiger partial charge in [0.2, 0.25) is 0 Å². The van der Waals surface area contributed by atoms with E-state index in [0.717, 1.165) is 9.88 Å². The topological polar surface area (TPSA) is 59.1 Å². The zero-order valence-electron chi connectivity index (χ0n) is 11.2. The first-order valence-electron chi connectivity index (χ1n) is 5.97. The first kappa shape index (κ1) is 15.4. The van der Waals surface area contributed by atoms with Crippen LogP contribution in [0.4, 0.5) is 0 Å². The molecule has 4 nitrogen and oxygen atoms in total. The Balaban J connectivity index is 2.13. The lowest BCUT2D eigenvalue weighted by atomic mass is 10.2. The predicted octanol–water partition coefficient (Wildman–Crippen LogP) is 2.80. The fraction of sp³-hybridized carbons (Fsp3) is 0.308. The van der Waals surface area contributed by atoms with E-state index in [9.17, 15) is 8.42 Å². The molecule has 0 amide bonds. The zero-order chi connectivity index (χ0) is 14.8. The molecular formula is C13H15ClN2O2S2. The van der Waals surface area contributed by atoms with Crippen molar-refractivity contribution >= 4 is 32.8 Å². The van der Waals surface area contributed by atoms with E-state index in [1.54, 1.807) is 29.5 Å². The molecule has 2 aromatic rings. The Morgan fingerprint density at radius 3 is 2.70 bits per heavy atom. The second-order valence-corrected chi connectivity index (χ2v) is 8.15. The molecule has 1 heterocycles. The van der Waals surface area contributed by atoms with Crippen molar-refractivity contribution in [2.24, 2.45) is 0 Å². The molecule has 0 aliphatic carbocycles. The van der Waals surface area contributed by atoms with E-state index in [4.69, 9.17) is 11.6 Å². The molecule has 0 radical (unpaired) electrons. The number of aryl methyl sites for hydroxylation is 1. The third-order valence-electron chi connectivity index (χ3n) is 2.75. The SMILES string of the molecule is Cc1ncc(CNCc2c(Cl)cccc2S(C)(=O)=O)s1. The van der Waals surface area contributed by atoms with Crippen molar-refractivity contribution in [1.82, 2.24) is 10.3 Å². The summed E-state index contributed by atoms with van der Waals surface area (Å²) in [6.45, 7) is 2.99. The number of nitrogens with zero attached hydrogens (tertiary/aromatic N) is 1. The Labute approximate surface area is 127 Å². The van der Waals surface area contributed by atoms with Gasteiger partial charge < -0.3 is 5.32 Å². The minimum absolute atomic E-state index is 0.276. The molecule has 0 bridgehead atoms. The summed E-state index contributed by atoms with van der Waals surface area (Å²) in [5, 5.41) is 4.68. The Morgan fingerprint density at radius 1 is 1.35 bits per heavy atom. The molecule has 0 atom stereocenters. The van der Waals surface area contributed by atoms with E-state index >= 15 is 0 Å². The monoisotopic (exact) mass is 330 g/mol. The van der Waals surface area contributed by atoms with Crippen LogP contribution < -0.4 is 5.32 Å². The third-order valence-corrected chi connectivity index (χ3v) is 5.19. The van der Waals surface area contributed by atoms with Crippen LogP contribution in [0.3, 0.4) is 0 Å². The first-order chi connectivity index (χ1) is 9.38. The Bertz CT molecular complexity index is 711. The lowest BCUT2D eigenvalue weighted by molar-refractivity contribution is 0.598. The molecule has 0 spiro atoms. The highest BCUT2D eigenvalue weighted by Gasteiger charge is 2.15. The summed E-state index contributed by atoms with van der Waals surface area (Å²) in [6, 6.07) is 4.92. The summed E-state index contributed by atoms with van der Waals surface area (Å²) >= 11 is 7.72. The molecule has 0 saturated heterocycles. The van der Waals surface area contributed by atoms with Crippen molar-refractivity contribution < 1.29 is 8.42 Å². The highest BCUT2D eigenvalue weighted by atomic mass is 35.5. The second-order valence-electron chi connectivity index (χ2n) is 4.44. The zero-order valence-corrected chi connectivity index (χ0v) is 13.6. The molecule has 0 unspecified atom stereocenters. The number of sulfone groups is 1. The number of rotatable bonds is 5. The molecule has 0 fully saturated rings. The number of hydrogen-bond donors (Lipinski definition) is 1. The van der Waals surface area contributed by atoms with E-state index in [2.05, 4.69) is 10.3 Å². The highest BCUT2D eigenvalue weighted by Crippen LogP contribution is 2.24. The molecule has 0 aliphatic heterocycles. The van der Waals surface area contributed by atoms with E-state index in [1.807, 2.05) is 13.1 Å². The molecular weight excluding hydrogens is 316 g/mol. The quantitative estimate of drug-likeness (QED) is 0.915. The van der Waals surface area contributed by atoms with Gasteiger partial charge >= 0.3 is 0 Å². The Hall–Kier alpha value is -0.950. The van der Waals surface area contributed by atoms with Gasteiger partial charge in [-0.15, -0.1) is 11.3 Å². The molecule has 20 heavy (non-hydrogen) atoms. The van der Waals surface area contributed by atoms with Crippen LogP contribution in [0.5, 0.6) is 0 Å². The van der Waals surface area contributed by atoms with Crippen LogP contribution in [0.15, 0.2) is 29.3 Å². The predicted molar refractivity (Wildman–Crippen MR) is 82.0 cm³/mol. The first-order valence-corrected chi connectivity index (χ1v) is 9.06. The minimum Gasteiger partial charge on any atom is -0.308 e. The van der Waals surface area contributed by atoms with Crippen LogP contribution in [0.25, 0.3) is 0 Å².